The van der Waals surface area contributed by atoms with Crippen molar-refractivity contribution in [1.82, 2.24) is 21.3 Å². The van der Waals surface area contributed by atoms with Crippen LogP contribution in [-0.4, -0.2) is 423 Å². The zero-order valence-corrected chi connectivity index (χ0v) is 54.2. The SMILES string of the molecule is CC(=O)N[C@H]1[C@H](O[C@H]2[C@H](O)[C@@H](NC(C)=O)C(O)O[C@@H]2CO[C@@H]2O[C@@H](C)[C@@H](O)[C@@H](O)[C@@H]2O)O[C@H](CO)[C@@H](O[C@@H]2O[C@H](CO[C@H]3O[C@H](CO)[C@@H](O)[C@H](O)[C@@H]3O)[C@@H](O)[C@H](O[C@H]3O[C@H](CO)[C@@H](O[C@@H]4O[C@H](CO)[C@@H](O)[C@H](O)[C@H]4NC(C)=O)[C@H](O)[C@@H]3O[C@@H]3O[C@H](CO)[C@@H](O)[C@H](O)[C@H]3NC(C)=O)[C@@H]2O)[C@@H]1O. The zero-order chi connectivity index (χ0) is 73.8. The van der Waals surface area contributed by atoms with Gasteiger partial charge in [-0.3, -0.25) is 19.2 Å². The average molecular weight is 1460 g/mol. The van der Waals surface area contributed by atoms with E-state index in [2.05, 4.69) is 21.3 Å². The second-order valence-corrected chi connectivity index (χ2v) is 25.4. The van der Waals surface area contributed by atoms with Crippen molar-refractivity contribution in [2.75, 3.05) is 46.2 Å². The number of ether oxygens (including phenoxy) is 15. The van der Waals surface area contributed by atoms with E-state index in [-0.39, 0.29) is 0 Å². The van der Waals surface area contributed by atoms with Gasteiger partial charge in [0.25, 0.3) is 0 Å². The first kappa shape index (κ1) is 82.1. The van der Waals surface area contributed by atoms with Gasteiger partial charge in [-0.2, -0.15) is 0 Å². The van der Waals surface area contributed by atoms with Crippen LogP contribution in [0.15, 0.2) is 0 Å². The molecular formula is C56H94N4O40. The maximum Gasteiger partial charge on any atom is 0.217 e. The van der Waals surface area contributed by atoms with Crippen LogP contribution in [0.4, 0.5) is 0 Å². The van der Waals surface area contributed by atoms with Gasteiger partial charge in [-0.15, -0.1) is 0 Å². The predicted octanol–water partition coefficient (Wildman–Crippen LogP) is -16.8. The zero-order valence-electron chi connectivity index (χ0n) is 54.2. The number of carbonyl (C=O) groups is 4. The smallest absolute Gasteiger partial charge is 0.217 e. The van der Waals surface area contributed by atoms with Crippen LogP contribution >= 0.6 is 0 Å². The van der Waals surface area contributed by atoms with Crippen LogP contribution in [0.3, 0.4) is 0 Å². The van der Waals surface area contributed by atoms with Crippen LogP contribution in [-0.2, 0) is 90.2 Å². The van der Waals surface area contributed by atoms with E-state index in [1.165, 1.54) is 6.92 Å². The van der Waals surface area contributed by atoms with Gasteiger partial charge < -0.3 is 200 Å². The van der Waals surface area contributed by atoms with Gasteiger partial charge in [0.05, 0.1) is 52.4 Å². The molecule has 0 bridgehead atoms. The summed E-state index contributed by atoms with van der Waals surface area (Å²) < 4.78 is 88.9. The minimum Gasteiger partial charge on any atom is -0.394 e. The maximum absolute atomic E-state index is 13.1. The Balaban J connectivity index is 1.14. The van der Waals surface area contributed by atoms with Crippen molar-refractivity contribution in [3.05, 3.63) is 0 Å². The van der Waals surface area contributed by atoms with E-state index >= 15 is 0 Å². The summed E-state index contributed by atoms with van der Waals surface area (Å²) in [5.41, 5.74) is 0. The topological polar surface area (TPSA) is 680 Å². The van der Waals surface area contributed by atoms with E-state index in [0.717, 1.165) is 27.7 Å². The van der Waals surface area contributed by atoms with Crippen LogP contribution in [0.2, 0.25) is 0 Å². The Bertz CT molecular complexity index is 2620. The van der Waals surface area contributed by atoms with E-state index in [1.54, 1.807) is 0 Å². The second kappa shape index (κ2) is 35.7. The minimum atomic E-state index is -2.51. The number of nitrogens with one attached hydrogen (secondary N) is 4. The molecule has 4 amide bonds. The molecule has 8 saturated heterocycles. The summed E-state index contributed by atoms with van der Waals surface area (Å²) in [7, 11) is 0. The third kappa shape index (κ3) is 18.3. The third-order valence-corrected chi connectivity index (χ3v) is 18.2. The fourth-order valence-corrected chi connectivity index (χ4v) is 12.8. The quantitative estimate of drug-likeness (QED) is 0.0404. The summed E-state index contributed by atoms with van der Waals surface area (Å²) in [5, 5.41) is 242. The Labute approximate surface area is 567 Å². The van der Waals surface area contributed by atoms with Gasteiger partial charge in [-0.1, -0.05) is 0 Å². The predicted molar refractivity (Wildman–Crippen MR) is 309 cm³/mol. The van der Waals surface area contributed by atoms with E-state index in [1.807, 2.05) is 0 Å². The van der Waals surface area contributed by atoms with Gasteiger partial charge in [-0.25, -0.2) is 0 Å². The van der Waals surface area contributed by atoms with Crippen molar-refractivity contribution in [3.8, 4) is 0 Å². The van der Waals surface area contributed by atoms with Crippen molar-refractivity contribution in [3.63, 3.8) is 0 Å². The molecule has 25 N–H and O–H groups in total. The standard InChI is InChI=1S/C56H94N4O40/c1-13-29(70)38(79)40(81)53(88-13)87-12-24-46(36(77)25(49(85)89-24)57-14(2)66)97-52-28(60-17(5)69)37(78)44(21(9-64)93-52)98-55-43(84)47(33(74)23(95-55)11-86-54-41(82)39(80)32(73)20(8-63)92-54)99-56-48(100-51-27(59-16(4)68)35(76)31(72)19(7-62)91-51)42(83)45(22(10-65)94-56)96-50-26(58-15(3)67)34(75)30(71)18(6-61)90-50/h13,18-56,61-65,70-85H,6-12H2,1-5H3,(H,57,66)(H,58,67)(H,59,68)(H,60,69)/t13-,18+,19+,20+,21+,22+,23+,24+,25+,26+,27+,28+,29+,30+,31+,32+,33+,34+,35+,36+,37+,38+,39-,40-,41-,42-,43-,44+,45+,46+,47-,48-,49?,50-,51-,52-,53+,54-,55-,56+/m0/s1. The number of rotatable bonds is 25. The lowest BCUT2D eigenvalue weighted by molar-refractivity contribution is -0.402. The first-order chi connectivity index (χ1) is 47.2. The van der Waals surface area contributed by atoms with Crippen molar-refractivity contribution < 1.29 is 197 Å². The fourth-order valence-electron chi connectivity index (χ4n) is 12.8. The third-order valence-electron chi connectivity index (χ3n) is 18.2. The van der Waals surface area contributed by atoms with Crippen LogP contribution in [0.1, 0.15) is 34.6 Å². The molecule has 8 fully saturated rings. The number of carbonyl (C=O) groups excluding carboxylic acids is 4. The first-order valence-corrected chi connectivity index (χ1v) is 32.0. The molecule has 0 aromatic heterocycles. The summed E-state index contributed by atoms with van der Waals surface area (Å²) in [5.74, 6) is -3.47. The van der Waals surface area contributed by atoms with Crippen LogP contribution in [0.25, 0.3) is 0 Å². The molecule has 8 heterocycles. The highest BCUT2D eigenvalue weighted by atomic mass is 16.8. The number of hydrogen-bond acceptors (Lipinski definition) is 40. The summed E-state index contributed by atoms with van der Waals surface area (Å²) in [4.78, 5) is 50.5. The molecule has 44 nitrogen and oxygen atoms in total. The Morgan fingerprint density at radius 1 is 0.280 bits per heavy atom. The molecule has 44 heteroatoms. The summed E-state index contributed by atoms with van der Waals surface area (Å²) in [6.07, 6.45) is -71.8. The van der Waals surface area contributed by atoms with E-state index in [0.29, 0.717) is 0 Å². The minimum absolute atomic E-state index is 0.806. The monoisotopic (exact) mass is 1460 g/mol. The van der Waals surface area contributed by atoms with Crippen LogP contribution in [0, 0.1) is 0 Å². The molecule has 8 rings (SSSR count). The number of aliphatic hydroxyl groups is 21. The summed E-state index contributed by atoms with van der Waals surface area (Å²) in [6.45, 7) is -1.94. The van der Waals surface area contributed by atoms with Crippen LogP contribution in [0.5, 0.6) is 0 Å². The molecular weight excluding hydrogens is 1370 g/mol. The largest absolute Gasteiger partial charge is 0.394 e. The van der Waals surface area contributed by atoms with E-state index in [9.17, 15) is 126 Å². The van der Waals surface area contributed by atoms with Gasteiger partial charge in [0.2, 0.25) is 23.6 Å². The first-order valence-electron chi connectivity index (χ1n) is 32.0. The molecule has 100 heavy (non-hydrogen) atoms. The van der Waals surface area contributed by atoms with Gasteiger partial charge in [-0.05, 0) is 6.92 Å². The Morgan fingerprint density at radius 3 is 1.08 bits per heavy atom. The van der Waals surface area contributed by atoms with Crippen molar-refractivity contribution in [2.45, 2.75) is 280 Å². The molecule has 8 aliphatic rings. The van der Waals surface area contributed by atoms with Gasteiger partial charge in [0.15, 0.2) is 50.3 Å². The normalized spacial score (nSPS) is 48.7. The molecule has 40 atom stereocenters. The molecule has 578 valence electrons. The molecule has 0 saturated carbocycles. The Hall–Kier alpha value is -3.56. The second-order valence-electron chi connectivity index (χ2n) is 25.4. The molecule has 1 unspecified atom stereocenters. The highest BCUT2D eigenvalue weighted by Gasteiger charge is 2.60. The number of amides is 4. The lowest BCUT2D eigenvalue weighted by Crippen LogP contribution is -2.71. The molecule has 0 spiro atoms. The summed E-state index contributed by atoms with van der Waals surface area (Å²) >= 11 is 0. The molecule has 0 aromatic carbocycles. The lowest BCUT2D eigenvalue weighted by Gasteiger charge is -2.51. The average Bonchev–Trinajstić information content (AvgIpc) is 0.765. The Kier molecular flexibility index (Phi) is 29.3. The van der Waals surface area contributed by atoms with Gasteiger partial charge in [0.1, 0.15) is 189 Å². The fraction of sp³-hybridized carbons (Fsp3) is 0.929. The van der Waals surface area contributed by atoms with E-state index in [4.69, 9.17) is 71.1 Å². The number of aliphatic hydroxyl groups excluding tert-OH is 21. The maximum atomic E-state index is 13.1. The lowest BCUT2D eigenvalue weighted by atomic mass is 9.93. The summed E-state index contributed by atoms with van der Waals surface area (Å²) in [6, 6.07) is -7.20. The van der Waals surface area contributed by atoms with Gasteiger partial charge >= 0.3 is 0 Å². The van der Waals surface area contributed by atoms with Crippen LogP contribution < -0.4 is 21.3 Å². The van der Waals surface area contributed by atoms with E-state index < -0.39 is 315 Å². The van der Waals surface area contributed by atoms with Gasteiger partial charge in [0, 0.05) is 27.7 Å². The molecule has 0 aliphatic carbocycles. The molecule has 8 aliphatic heterocycles. The van der Waals surface area contributed by atoms with Crippen molar-refractivity contribution >= 4 is 23.6 Å². The highest BCUT2D eigenvalue weighted by molar-refractivity contribution is 5.74. The Morgan fingerprint density at radius 2 is 0.610 bits per heavy atom. The highest BCUT2D eigenvalue weighted by Crippen LogP contribution is 2.39. The van der Waals surface area contributed by atoms with Crippen molar-refractivity contribution in [2.24, 2.45) is 0 Å². The molecule has 0 radical (unpaired) electrons. The molecule has 0 aromatic rings. The number of hydrogen-bond donors (Lipinski definition) is 25. The van der Waals surface area contributed by atoms with Crippen molar-refractivity contribution in [1.29, 1.82) is 0 Å².